The zero-order valence-electron chi connectivity index (χ0n) is 12.4. The molecule has 0 amide bonds. The lowest BCUT2D eigenvalue weighted by atomic mass is 10.1. The number of nitrogens with one attached hydrogen (secondary N) is 1. The topological polar surface area (TPSA) is 48.2 Å². The predicted molar refractivity (Wildman–Crippen MR) is 82.6 cm³/mol. The van der Waals surface area contributed by atoms with Crippen molar-refractivity contribution in [2.75, 3.05) is 6.54 Å². The fraction of sp³-hybridized carbons (Fsp3) is 0.176. The summed E-state index contributed by atoms with van der Waals surface area (Å²) in [4.78, 5) is -0.237. The minimum Gasteiger partial charge on any atom is -0.606 e. The molecular weight excluding hydrogens is 339 g/mol. The fourth-order valence-corrected chi connectivity index (χ4v) is 4.07. The van der Waals surface area contributed by atoms with E-state index in [4.69, 9.17) is 4.42 Å². The van der Waals surface area contributed by atoms with Gasteiger partial charge >= 0.3 is 0 Å². The highest BCUT2D eigenvalue weighted by Crippen LogP contribution is 2.33. The van der Waals surface area contributed by atoms with Crippen molar-refractivity contribution in [3.63, 3.8) is 0 Å². The van der Waals surface area contributed by atoms with E-state index in [2.05, 4.69) is 5.32 Å². The van der Waals surface area contributed by atoms with Crippen LogP contribution in [0.1, 0.15) is 11.3 Å². The molecule has 0 bridgehead atoms. The molecule has 0 saturated carbocycles. The molecule has 1 aromatic heterocycles. The summed E-state index contributed by atoms with van der Waals surface area (Å²) in [6.07, 6.45) is 0.765. The lowest BCUT2D eigenvalue weighted by Crippen LogP contribution is -2.22. The Morgan fingerprint density at radius 1 is 1.12 bits per heavy atom. The molecule has 1 atom stereocenters. The van der Waals surface area contributed by atoms with Crippen molar-refractivity contribution in [3.05, 3.63) is 59.1 Å². The van der Waals surface area contributed by atoms with E-state index in [9.17, 15) is 17.7 Å². The standard InChI is InChI=1S/C17H12F3NO2S/c18-9-5-13(19)17(20)16(6-9)24(22)10-1-2-14-12(7-10)11-3-4-21-8-15(11)23-14/h1-2,5-7,21H,3-4,8H2. The van der Waals surface area contributed by atoms with Crippen LogP contribution in [-0.2, 0) is 24.1 Å². The number of fused-ring (bicyclic) bond motifs is 3. The minimum atomic E-state index is -2.03. The highest BCUT2D eigenvalue weighted by Gasteiger charge is 2.26. The van der Waals surface area contributed by atoms with Gasteiger partial charge in [-0.1, -0.05) is 0 Å². The van der Waals surface area contributed by atoms with Crippen LogP contribution < -0.4 is 5.32 Å². The average Bonchev–Trinajstić information content (AvgIpc) is 2.95. The number of halogens is 3. The molecule has 0 saturated heterocycles. The summed E-state index contributed by atoms with van der Waals surface area (Å²) in [7, 11) is 0. The van der Waals surface area contributed by atoms with Gasteiger partial charge in [0.2, 0.25) is 5.82 Å². The summed E-state index contributed by atoms with van der Waals surface area (Å²) >= 11 is -2.03. The molecule has 0 fully saturated rings. The van der Waals surface area contributed by atoms with Gasteiger partial charge < -0.3 is 14.3 Å². The lowest BCUT2D eigenvalue weighted by Gasteiger charge is -2.12. The Labute approximate surface area is 138 Å². The van der Waals surface area contributed by atoms with Crippen LogP contribution in [0.3, 0.4) is 0 Å². The van der Waals surface area contributed by atoms with Crippen molar-refractivity contribution < 1.29 is 22.1 Å². The third-order valence-corrected chi connectivity index (χ3v) is 5.44. The first-order chi connectivity index (χ1) is 11.5. The van der Waals surface area contributed by atoms with Gasteiger partial charge in [-0.2, -0.15) is 4.39 Å². The maximum Gasteiger partial charge on any atom is 0.214 e. The molecule has 1 N–H and O–H groups in total. The molecule has 0 spiro atoms. The molecule has 1 unspecified atom stereocenters. The number of benzene rings is 2. The third kappa shape index (κ3) is 2.49. The van der Waals surface area contributed by atoms with E-state index in [1.807, 2.05) is 0 Å². The van der Waals surface area contributed by atoms with Gasteiger partial charge in [-0.25, -0.2) is 8.78 Å². The Bertz CT molecular complexity index is 941. The molecule has 4 rings (SSSR count). The van der Waals surface area contributed by atoms with Crippen LogP contribution in [0.5, 0.6) is 0 Å². The molecule has 24 heavy (non-hydrogen) atoms. The number of hydrogen-bond acceptors (Lipinski definition) is 3. The quantitative estimate of drug-likeness (QED) is 0.566. The van der Waals surface area contributed by atoms with E-state index in [0.29, 0.717) is 18.2 Å². The molecular formula is C17H12F3NO2S. The van der Waals surface area contributed by atoms with Gasteiger partial charge in [-0.15, -0.1) is 0 Å². The smallest absolute Gasteiger partial charge is 0.214 e. The summed E-state index contributed by atoms with van der Waals surface area (Å²) in [6, 6.07) is 5.99. The molecule has 3 aromatic rings. The lowest BCUT2D eigenvalue weighted by molar-refractivity contribution is 0.470. The van der Waals surface area contributed by atoms with Crippen LogP contribution in [0.15, 0.2) is 44.5 Å². The van der Waals surface area contributed by atoms with Gasteiger partial charge in [0.05, 0.1) is 6.54 Å². The summed E-state index contributed by atoms with van der Waals surface area (Å²) in [6.45, 7) is 1.42. The van der Waals surface area contributed by atoms with Crippen molar-refractivity contribution in [3.8, 4) is 0 Å². The molecule has 1 aliphatic rings. The van der Waals surface area contributed by atoms with Crippen LogP contribution in [0.25, 0.3) is 11.0 Å². The van der Waals surface area contributed by atoms with Crippen molar-refractivity contribution in [2.45, 2.75) is 22.8 Å². The molecule has 2 heterocycles. The molecule has 1 aliphatic heterocycles. The minimum absolute atomic E-state index is 0.272. The van der Waals surface area contributed by atoms with E-state index in [0.717, 1.165) is 35.7 Å². The molecule has 0 aliphatic carbocycles. The highest BCUT2D eigenvalue weighted by atomic mass is 32.2. The van der Waals surface area contributed by atoms with Crippen molar-refractivity contribution >= 4 is 22.1 Å². The maximum absolute atomic E-state index is 13.9. The number of furan rings is 1. The van der Waals surface area contributed by atoms with Gasteiger partial charge in [-0.05, 0) is 25.1 Å². The maximum atomic E-state index is 13.9. The van der Waals surface area contributed by atoms with Gasteiger partial charge in [-0.3, -0.25) is 0 Å². The van der Waals surface area contributed by atoms with Crippen LogP contribution in [0.4, 0.5) is 13.2 Å². The van der Waals surface area contributed by atoms with Gasteiger partial charge in [0.25, 0.3) is 0 Å². The molecule has 2 aromatic carbocycles. The van der Waals surface area contributed by atoms with Gasteiger partial charge in [0.1, 0.15) is 17.2 Å². The van der Waals surface area contributed by atoms with E-state index in [1.165, 1.54) is 6.07 Å². The second kappa shape index (κ2) is 5.84. The average molecular weight is 351 g/mol. The van der Waals surface area contributed by atoms with Gasteiger partial charge in [0, 0.05) is 40.3 Å². The Morgan fingerprint density at radius 3 is 2.79 bits per heavy atom. The highest BCUT2D eigenvalue weighted by molar-refractivity contribution is 7.91. The zero-order chi connectivity index (χ0) is 16.8. The molecule has 7 heteroatoms. The van der Waals surface area contributed by atoms with Crippen molar-refractivity contribution in [2.24, 2.45) is 0 Å². The van der Waals surface area contributed by atoms with Crippen molar-refractivity contribution in [1.82, 2.24) is 5.32 Å². The molecule has 124 valence electrons. The summed E-state index contributed by atoms with van der Waals surface area (Å²) < 4.78 is 58.9. The van der Waals surface area contributed by atoms with Crippen LogP contribution in [-0.4, -0.2) is 11.1 Å². The SMILES string of the molecule is [O-][S+](c1ccc2oc3c(c2c1)CCNC3)c1cc(F)cc(F)c1F. The first kappa shape index (κ1) is 15.6. The third-order valence-electron chi connectivity index (χ3n) is 4.06. The first-order valence-corrected chi connectivity index (χ1v) is 8.51. The Morgan fingerprint density at radius 2 is 1.96 bits per heavy atom. The molecule has 3 nitrogen and oxygen atoms in total. The summed E-state index contributed by atoms with van der Waals surface area (Å²) in [5.74, 6) is -2.80. The number of hydrogen-bond donors (Lipinski definition) is 1. The summed E-state index contributed by atoms with van der Waals surface area (Å²) in [5.41, 5.74) is 1.67. The zero-order valence-corrected chi connectivity index (χ0v) is 13.2. The predicted octanol–water partition coefficient (Wildman–Crippen LogP) is 3.66. The van der Waals surface area contributed by atoms with Crippen LogP contribution in [0, 0.1) is 17.5 Å². The largest absolute Gasteiger partial charge is 0.606 e. The van der Waals surface area contributed by atoms with Crippen molar-refractivity contribution in [1.29, 1.82) is 0 Å². The molecule has 0 radical (unpaired) electrons. The van der Waals surface area contributed by atoms with E-state index in [-0.39, 0.29) is 4.90 Å². The number of rotatable bonds is 2. The van der Waals surface area contributed by atoms with Crippen LogP contribution >= 0.6 is 0 Å². The summed E-state index contributed by atoms with van der Waals surface area (Å²) in [5, 5.41) is 4.00. The monoisotopic (exact) mass is 351 g/mol. The Balaban J connectivity index is 1.81. The van der Waals surface area contributed by atoms with Gasteiger partial charge in [0.15, 0.2) is 15.6 Å². The van der Waals surface area contributed by atoms with E-state index < -0.39 is 33.5 Å². The van der Waals surface area contributed by atoms with E-state index >= 15 is 0 Å². The first-order valence-electron chi connectivity index (χ1n) is 7.36. The van der Waals surface area contributed by atoms with Crippen LogP contribution in [0.2, 0.25) is 0 Å². The Kier molecular flexibility index (Phi) is 3.79. The normalized spacial score (nSPS) is 15.5. The second-order valence-corrected chi connectivity index (χ2v) is 7.01. The Hall–Kier alpha value is -1.96. The fourth-order valence-electron chi connectivity index (χ4n) is 2.92. The van der Waals surface area contributed by atoms with E-state index in [1.54, 1.807) is 12.1 Å². The second-order valence-electron chi connectivity index (χ2n) is 5.56.